The zero-order valence-corrected chi connectivity index (χ0v) is 16.2. The molecule has 2 aromatic rings. The average molecular weight is 384 g/mol. The van der Waals surface area contributed by atoms with Crippen molar-refractivity contribution in [2.45, 2.75) is 26.6 Å². The Morgan fingerprint density at radius 1 is 1.26 bits per heavy atom. The van der Waals surface area contributed by atoms with Crippen molar-refractivity contribution in [1.82, 2.24) is 20.4 Å². The molecule has 0 spiro atoms. The molecule has 0 aliphatic carbocycles. The minimum absolute atomic E-state index is 0.200. The number of hydrogen-bond donors (Lipinski definition) is 2. The highest BCUT2D eigenvalue weighted by atomic mass is 19.4. The lowest BCUT2D eigenvalue weighted by Gasteiger charge is -2.17. The Hall–Kier alpha value is -2.06. The third-order valence-corrected chi connectivity index (χ3v) is 3.99. The Bertz CT molecular complexity index is 728. The highest BCUT2D eigenvalue weighted by molar-refractivity contribution is 5.65. The Morgan fingerprint density at radius 2 is 2.00 bits per heavy atom. The molecule has 150 valence electrons. The number of benzene rings is 1. The predicted molar refractivity (Wildman–Crippen MR) is 99.6 cm³/mol. The first-order valence-electron chi connectivity index (χ1n) is 8.92. The smallest absolute Gasteiger partial charge is 0.416 e. The molecule has 0 saturated heterocycles. The molecule has 1 aromatic heterocycles. The van der Waals surface area contributed by atoms with Crippen LogP contribution >= 0.6 is 0 Å². The van der Waals surface area contributed by atoms with Crippen molar-refractivity contribution in [3.05, 3.63) is 35.5 Å². The van der Waals surface area contributed by atoms with Crippen molar-refractivity contribution in [1.29, 1.82) is 0 Å². The van der Waals surface area contributed by atoms with Gasteiger partial charge in [0.1, 0.15) is 5.75 Å². The van der Waals surface area contributed by atoms with Gasteiger partial charge in [-0.25, -0.2) is 0 Å². The molecule has 0 aliphatic heterocycles. The average Bonchev–Trinajstić information content (AvgIpc) is 3.05. The van der Waals surface area contributed by atoms with E-state index in [4.69, 9.17) is 4.74 Å². The lowest BCUT2D eigenvalue weighted by atomic mass is 10.0. The van der Waals surface area contributed by atoms with E-state index in [2.05, 4.69) is 20.4 Å². The first kappa shape index (κ1) is 21.2. The van der Waals surface area contributed by atoms with Crippen LogP contribution in [-0.4, -0.2) is 48.9 Å². The van der Waals surface area contributed by atoms with E-state index in [9.17, 15) is 13.2 Å². The summed E-state index contributed by atoms with van der Waals surface area (Å²) in [6, 6.07) is 3.78. The summed E-state index contributed by atoms with van der Waals surface area (Å²) < 4.78 is 45.6. The monoisotopic (exact) mass is 384 g/mol. The van der Waals surface area contributed by atoms with Crippen LogP contribution in [0.5, 0.6) is 5.75 Å². The lowest BCUT2D eigenvalue weighted by molar-refractivity contribution is -0.137. The SMILES string of the molecule is CNCCN(C)Cc1c[nH]nc1-c1cc(OCC(C)C)cc(C(F)(F)F)c1. The fourth-order valence-electron chi connectivity index (χ4n) is 2.60. The molecule has 0 atom stereocenters. The van der Waals surface area contributed by atoms with Crippen molar-refractivity contribution < 1.29 is 17.9 Å². The fraction of sp³-hybridized carbons (Fsp3) is 0.526. The van der Waals surface area contributed by atoms with Gasteiger partial charge in [-0.05, 0) is 38.2 Å². The molecule has 1 aromatic carbocycles. The Balaban J connectivity index is 2.34. The molecule has 0 bridgehead atoms. The number of ether oxygens (including phenoxy) is 1. The summed E-state index contributed by atoms with van der Waals surface area (Å²) in [6.07, 6.45) is -2.73. The van der Waals surface area contributed by atoms with E-state index < -0.39 is 11.7 Å². The molecule has 27 heavy (non-hydrogen) atoms. The quantitative estimate of drug-likeness (QED) is 0.691. The molecule has 0 radical (unpaired) electrons. The second-order valence-corrected chi connectivity index (χ2v) is 7.05. The van der Waals surface area contributed by atoms with Gasteiger partial charge in [-0.2, -0.15) is 18.3 Å². The normalized spacial score (nSPS) is 12.2. The topological polar surface area (TPSA) is 53.2 Å². The van der Waals surface area contributed by atoms with Crippen LogP contribution < -0.4 is 10.1 Å². The van der Waals surface area contributed by atoms with Crippen molar-refractivity contribution >= 4 is 0 Å². The number of rotatable bonds is 9. The zero-order chi connectivity index (χ0) is 20.0. The first-order valence-corrected chi connectivity index (χ1v) is 8.92. The molecule has 8 heteroatoms. The molecule has 0 fully saturated rings. The molecule has 2 N–H and O–H groups in total. The summed E-state index contributed by atoms with van der Waals surface area (Å²) in [5, 5.41) is 10.0. The number of halogens is 3. The molecule has 2 rings (SSSR count). The van der Waals surface area contributed by atoms with Crippen LogP contribution in [0.4, 0.5) is 13.2 Å². The van der Waals surface area contributed by atoms with Crippen molar-refractivity contribution in [3.63, 3.8) is 0 Å². The molecule has 0 aliphatic rings. The molecule has 1 heterocycles. The van der Waals surface area contributed by atoms with E-state index in [-0.39, 0.29) is 11.7 Å². The number of alkyl halides is 3. The fourth-order valence-corrected chi connectivity index (χ4v) is 2.60. The molecule has 0 amide bonds. The Labute approximate surface area is 157 Å². The van der Waals surface area contributed by atoms with Crippen LogP contribution in [0.25, 0.3) is 11.3 Å². The van der Waals surface area contributed by atoms with Gasteiger partial charge >= 0.3 is 6.18 Å². The maximum atomic E-state index is 13.3. The summed E-state index contributed by atoms with van der Waals surface area (Å²) in [4.78, 5) is 2.08. The Kier molecular flexibility index (Phi) is 7.26. The predicted octanol–water partition coefficient (Wildman–Crippen LogP) is 3.78. The number of aromatic amines is 1. The van der Waals surface area contributed by atoms with Crippen molar-refractivity contribution in [3.8, 4) is 17.0 Å². The van der Waals surface area contributed by atoms with Crippen LogP contribution in [0, 0.1) is 5.92 Å². The van der Waals surface area contributed by atoms with Gasteiger partial charge in [0.15, 0.2) is 0 Å². The van der Waals surface area contributed by atoms with Gasteiger partial charge in [0.25, 0.3) is 0 Å². The largest absolute Gasteiger partial charge is 0.493 e. The van der Waals surface area contributed by atoms with Crippen LogP contribution in [0.3, 0.4) is 0 Å². The number of nitrogens with zero attached hydrogens (tertiary/aromatic N) is 2. The van der Waals surface area contributed by atoms with Crippen molar-refractivity contribution in [2.24, 2.45) is 5.92 Å². The number of nitrogens with one attached hydrogen (secondary N) is 2. The van der Waals surface area contributed by atoms with E-state index in [0.29, 0.717) is 24.4 Å². The Morgan fingerprint density at radius 3 is 2.63 bits per heavy atom. The minimum atomic E-state index is -4.45. The van der Waals surface area contributed by atoms with E-state index >= 15 is 0 Å². The minimum Gasteiger partial charge on any atom is -0.493 e. The second kappa shape index (κ2) is 9.23. The molecule has 0 unspecified atom stereocenters. The maximum absolute atomic E-state index is 13.3. The lowest BCUT2D eigenvalue weighted by Crippen LogP contribution is -2.27. The van der Waals surface area contributed by atoms with Gasteiger partial charge < -0.3 is 15.0 Å². The summed E-state index contributed by atoms with van der Waals surface area (Å²) in [5.74, 6) is 0.413. The number of H-pyrrole nitrogens is 1. The maximum Gasteiger partial charge on any atom is 0.416 e. The summed E-state index contributed by atoms with van der Waals surface area (Å²) >= 11 is 0. The highest BCUT2D eigenvalue weighted by Gasteiger charge is 2.32. The summed E-state index contributed by atoms with van der Waals surface area (Å²) in [5.41, 5.74) is 0.993. The summed E-state index contributed by atoms with van der Waals surface area (Å²) in [7, 11) is 3.83. The van der Waals surface area contributed by atoms with Crippen LogP contribution in [-0.2, 0) is 12.7 Å². The number of hydrogen-bond acceptors (Lipinski definition) is 4. The molecular weight excluding hydrogens is 357 g/mol. The van der Waals surface area contributed by atoms with Gasteiger partial charge in [0.2, 0.25) is 0 Å². The van der Waals surface area contributed by atoms with E-state index in [0.717, 1.165) is 30.8 Å². The van der Waals surface area contributed by atoms with Crippen molar-refractivity contribution in [2.75, 3.05) is 33.8 Å². The molecule has 0 saturated carbocycles. The van der Waals surface area contributed by atoms with Gasteiger partial charge in [0, 0.05) is 37.0 Å². The van der Waals surface area contributed by atoms with E-state index in [1.54, 1.807) is 12.3 Å². The van der Waals surface area contributed by atoms with Gasteiger partial charge in [0.05, 0.1) is 17.9 Å². The first-order chi connectivity index (χ1) is 12.7. The highest BCUT2D eigenvalue weighted by Crippen LogP contribution is 2.36. The van der Waals surface area contributed by atoms with Crippen LogP contribution in [0.2, 0.25) is 0 Å². The third-order valence-electron chi connectivity index (χ3n) is 3.99. The number of aromatic nitrogens is 2. The van der Waals surface area contributed by atoms with Gasteiger partial charge in [-0.15, -0.1) is 0 Å². The zero-order valence-electron chi connectivity index (χ0n) is 16.2. The van der Waals surface area contributed by atoms with E-state index in [1.165, 1.54) is 0 Å². The van der Waals surface area contributed by atoms with Gasteiger partial charge in [-0.3, -0.25) is 5.10 Å². The van der Waals surface area contributed by atoms with Gasteiger partial charge in [-0.1, -0.05) is 13.8 Å². The summed E-state index contributed by atoms with van der Waals surface area (Å²) in [6.45, 7) is 6.45. The molecule has 5 nitrogen and oxygen atoms in total. The standard InChI is InChI=1S/C19H27F3N4O/c1-13(2)12-27-17-8-14(7-16(9-17)19(20,21)22)18-15(10-24-25-18)11-26(4)6-5-23-3/h7-10,13,23H,5-6,11-12H2,1-4H3,(H,24,25). The van der Waals surface area contributed by atoms with E-state index in [1.807, 2.05) is 27.9 Å². The second-order valence-electron chi connectivity index (χ2n) is 7.05. The third kappa shape index (κ3) is 6.25. The molecular formula is C19H27F3N4O. The van der Waals surface area contributed by atoms with Crippen LogP contribution in [0.15, 0.2) is 24.4 Å². The number of likely N-dealkylation sites (N-methyl/N-ethyl adjacent to an activating group) is 2. The van der Waals surface area contributed by atoms with Crippen LogP contribution in [0.1, 0.15) is 25.0 Å².